The Morgan fingerprint density at radius 2 is 2.04 bits per heavy atom. The van der Waals surface area contributed by atoms with Crippen LogP contribution in [0.25, 0.3) is 11.0 Å². The van der Waals surface area contributed by atoms with Crippen molar-refractivity contribution < 1.29 is 19.4 Å². The van der Waals surface area contributed by atoms with Crippen LogP contribution in [-0.2, 0) is 11.8 Å². The fourth-order valence-corrected chi connectivity index (χ4v) is 2.91. The molecule has 0 saturated heterocycles. The predicted octanol–water partition coefficient (Wildman–Crippen LogP) is 2.30. The summed E-state index contributed by atoms with van der Waals surface area (Å²) in [7, 11) is 0. The molecule has 0 amide bonds. The molecule has 1 aromatic carbocycles. The molecule has 0 aliphatic carbocycles. The molecule has 2 heterocycles. The van der Waals surface area contributed by atoms with Crippen LogP contribution < -0.4 is 10.4 Å². The fraction of sp³-hybridized carbons (Fsp3) is 0.421. The van der Waals surface area contributed by atoms with E-state index < -0.39 is 16.6 Å². The van der Waals surface area contributed by atoms with Crippen LogP contribution in [0.4, 0.5) is 0 Å². The number of fused-ring (bicyclic) bond motifs is 2. The summed E-state index contributed by atoms with van der Waals surface area (Å²) in [6.07, 6.45) is 1.79. The number of benzene rings is 1. The van der Waals surface area contributed by atoms with E-state index in [0.717, 1.165) is 10.9 Å². The monoisotopic (exact) mass is 330 g/mol. The summed E-state index contributed by atoms with van der Waals surface area (Å²) < 4.78 is 11.2. The normalized spacial score (nSPS) is 19.6. The number of ether oxygens (including phenoxy) is 1. The number of hydrogen-bond acceptors (Lipinski definition) is 5. The Bertz CT molecular complexity index is 858. The van der Waals surface area contributed by atoms with Crippen LogP contribution in [0, 0.1) is 0 Å². The van der Waals surface area contributed by atoms with Gasteiger partial charge in [0.2, 0.25) is 0 Å². The van der Waals surface area contributed by atoms with Crippen molar-refractivity contribution in [1.82, 2.24) is 0 Å². The van der Waals surface area contributed by atoms with Crippen molar-refractivity contribution in [2.45, 2.75) is 44.3 Å². The first kappa shape index (κ1) is 16.7. The molecular formula is C19H22O5. The maximum absolute atomic E-state index is 12.3. The van der Waals surface area contributed by atoms with Crippen molar-refractivity contribution in [2.24, 2.45) is 0 Å². The van der Waals surface area contributed by atoms with Gasteiger partial charge in [-0.1, -0.05) is 6.08 Å². The van der Waals surface area contributed by atoms with E-state index in [4.69, 9.17) is 9.15 Å². The second kappa shape index (κ2) is 5.46. The highest BCUT2D eigenvalue weighted by molar-refractivity contribution is 5.80. The van der Waals surface area contributed by atoms with Gasteiger partial charge >= 0.3 is 5.63 Å². The first-order valence-electron chi connectivity index (χ1n) is 7.93. The van der Waals surface area contributed by atoms with Gasteiger partial charge in [0.1, 0.15) is 17.4 Å². The quantitative estimate of drug-likeness (QED) is 0.664. The molecule has 2 aromatic rings. The van der Waals surface area contributed by atoms with Gasteiger partial charge in [-0.05, 0) is 38.5 Å². The maximum Gasteiger partial charge on any atom is 0.340 e. The topological polar surface area (TPSA) is 79.9 Å². The summed E-state index contributed by atoms with van der Waals surface area (Å²) in [5.41, 5.74) is -0.585. The largest absolute Gasteiger partial charge is 0.487 e. The number of aliphatic hydroxyl groups excluding tert-OH is 1. The number of aliphatic hydroxyl groups is 2. The molecular weight excluding hydrogens is 308 g/mol. The van der Waals surface area contributed by atoms with Crippen molar-refractivity contribution >= 4 is 11.0 Å². The van der Waals surface area contributed by atoms with E-state index in [9.17, 15) is 15.0 Å². The van der Waals surface area contributed by atoms with Gasteiger partial charge in [-0.2, -0.15) is 0 Å². The van der Waals surface area contributed by atoms with Gasteiger partial charge in [0.05, 0.1) is 17.8 Å². The summed E-state index contributed by atoms with van der Waals surface area (Å²) in [6.45, 7) is 8.62. The molecule has 1 aromatic heterocycles. The minimum atomic E-state index is -0.963. The van der Waals surface area contributed by atoms with Crippen molar-refractivity contribution in [3.8, 4) is 5.75 Å². The molecule has 5 heteroatoms. The summed E-state index contributed by atoms with van der Waals surface area (Å²) in [5, 5.41) is 20.5. The Morgan fingerprint density at radius 3 is 2.62 bits per heavy atom. The van der Waals surface area contributed by atoms with Crippen LogP contribution in [0.5, 0.6) is 5.75 Å². The molecule has 5 nitrogen and oxygen atoms in total. The van der Waals surface area contributed by atoms with E-state index in [1.54, 1.807) is 39.0 Å². The summed E-state index contributed by atoms with van der Waals surface area (Å²) >= 11 is 0. The lowest BCUT2D eigenvalue weighted by molar-refractivity contribution is -0.0229. The molecule has 1 aliphatic heterocycles. The lowest BCUT2D eigenvalue weighted by atomic mass is 9.84. The standard InChI is InChI=1S/C19H22O5/c1-5-19(4,10-20)13-7-11-6-12-8-16(18(2,3)22)23-14(12)9-15(11)24-17(13)21/h5-7,9,16,20,22H,1,8,10H2,2-4H3. The maximum atomic E-state index is 12.3. The highest BCUT2D eigenvalue weighted by Gasteiger charge is 2.35. The Hall–Kier alpha value is -2.11. The molecule has 24 heavy (non-hydrogen) atoms. The average molecular weight is 330 g/mol. The van der Waals surface area contributed by atoms with Crippen molar-refractivity contribution in [3.63, 3.8) is 0 Å². The van der Waals surface area contributed by atoms with E-state index in [1.807, 2.05) is 6.07 Å². The molecule has 0 fully saturated rings. The van der Waals surface area contributed by atoms with E-state index in [2.05, 4.69) is 6.58 Å². The lowest BCUT2D eigenvalue weighted by Crippen LogP contribution is -2.39. The molecule has 0 saturated carbocycles. The zero-order chi connectivity index (χ0) is 17.7. The fourth-order valence-electron chi connectivity index (χ4n) is 2.91. The summed E-state index contributed by atoms with van der Waals surface area (Å²) in [4.78, 5) is 12.3. The Labute approximate surface area is 140 Å². The summed E-state index contributed by atoms with van der Waals surface area (Å²) in [5.74, 6) is 0.624. The van der Waals surface area contributed by atoms with Crippen LogP contribution >= 0.6 is 0 Å². The number of rotatable bonds is 4. The molecule has 128 valence electrons. The Morgan fingerprint density at radius 1 is 1.33 bits per heavy atom. The third-order valence-corrected chi connectivity index (χ3v) is 4.77. The van der Waals surface area contributed by atoms with Crippen molar-refractivity contribution in [2.75, 3.05) is 6.61 Å². The summed E-state index contributed by atoms with van der Waals surface area (Å²) in [6, 6.07) is 5.33. The van der Waals surface area contributed by atoms with Crippen LogP contribution in [-0.4, -0.2) is 28.5 Å². The smallest absolute Gasteiger partial charge is 0.340 e. The van der Waals surface area contributed by atoms with Crippen molar-refractivity contribution in [1.29, 1.82) is 0 Å². The average Bonchev–Trinajstić information content (AvgIpc) is 2.94. The minimum absolute atomic E-state index is 0.235. The molecule has 2 unspecified atom stereocenters. The van der Waals surface area contributed by atoms with E-state index in [1.165, 1.54) is 0 Å². The zero-order valence-electron chi connectivity index (χ0n) is 14.1. The van der Waals surface area contributed by atoms with Crippen LogP contribution in [0.3, 0.4) is 0 Å². The molecule has 2 N–H and O–H groups in total. The third kappa shape index (κ3) is 2.64. The van der Waals surface area contributed by atoms with E-state index in [-0.39, 0.29) is 12.7 Å². The molecule has 3 rings (SSSR count). The van der Waals surface area contributed by atoms with Crippen LogP contribution in [0.1, 0.15) is 31.9 Å². The van der Waals surface area contributed by atoms with Gasteiger partial charge in [0, 0.05) is 23.3 Å². The Kier molecular flexibility index (Phi) is 3.81. The molecule has 0 radical (unpaired) electrons. The van der Waals surface area contributed by atoms with Gasteiger partial charge in [-0.3, -0.25) is 0 Å². The van der Waals surface area contributed by atoms with E-state index >= 15 is 0 Å². The van der Waals surface area contributed by atoms with Crippen LogP contribution in [0.2, 0.25) is 0 Å². The first-order chi connectivity index (χ1) is 11.2. The molecule has 2 atom stereocenters. The second-order valence-corrected chi connectivity index (χ2v) is 7.19. The third-order valence-electron chi connectivity index (χ3n) is 4.77. The first-order valence-corrected chi connectivity index (χ1v) is 7.93. The van der Waals surface area contributed by atoms with Gasteiger partial charge < -0.3 is 19.4 Å². The zero-order valence-corrected chi connectivity index (χ0v) is 14.1. The number of hydrogen-bond donors (Lipinski definition) is 2. The SMILES string of the molecule is C=CC(C)(CO)c1cc2cc3c(cc2oc1=O)OC(C(C)(C)O)C3. The van der Waals surface area contributed by atoms with Crippen molar-refractivity contribution in [3.05, 3.63) is 52.4 Å². The lowest BCUT2D eigenvalue weighted by Gasteiger charge is -2.24. The molecule has 0 bridgehead atoms. The van der Waals surface area contributed by atoms with Gasteiger partial charge in [-0.25, -0.2) is 4.79 Å². The minimum Gasteiger partial charge on any atom is -0.487 e. The van der Waals surface area contributed by atoms with Gasteiger partial charge in [0.25, 0.3) is 0 Å². The van der Waals surface area contributed by atoms with Crippen LogP contribution in [0.15, 0.2) is 40.1 Å². The second-order valence-electron chi connectivity index (χ2n) is 7.19. The van der Waals surface area contributed by atoms with Gasteiger partial charge in [-0.15, -0.1) is 6.58 Å². The molecule has 1 aliphatic rings. The molecule has 0 spiro atoms. The van der Waals surface area contributed by atoms with E-state index in [0.29, 0.717) is 23.3 Å². The Balaban J connectivity index is 2.12. The highest BCUT2D eigenvalue weighted by Crippen LogP contribution is 2.36. The predicted molar refractivity (Wildman–Crippen MR) is 91.5 cm³/mol. The van der Waals surface area contributed by atoms with Gasteiger partial charge in [0.15, 0.2) is 0 Å². The highest BCUT2D eigenvalue weighted by atomic mass is 16.5.